The molecule has 0 heterocycles. The van der Waals surface area contributed by atoms with Gasteiger partial charge in [0.05, 0.1) is 0 Å². The molecule has 2 aromatic carbocycles. The van der Waals surface area contributed by atoms with Gasteiger partial charge in [-0.15, -0.1) is 0 Å². The van der Waals surface area contributed by atoms with Crippen molar-refractivity contribution in [3.63, 3.8) is 0 Å². The molecule has 1 unspecified atom stereocenters. The second-order valence-electron chi connectivity index (χ2n) is 3.82. The van der Waals surface area contributed by atoms with Crippen molar-refractivity contribution >= 4 is 50.1 Å². The lowest BCUT2D eigenvalue weighted by molar-refractivity contribution is 0.943. The van der Waals surface area contributed by atoms with Crippen molar-refractivity contribution in [3.8, 4) is 0 Å². The minimum Gasteiger partial charge on any atom is -0.0843 e. The Labute approximate surface area is 129 Å². The van der Waals surface area contributed by atoms with Gasteiger partial charge in [0.25, 0.3) is 0 Å². The average Bonchev–Trinajstić information content (AvgIpc) is 2.32. The zero-order valence-electron chi connectivity index (χ0n) is 9.04. The third kappa shape index (κ3) is 3.70. The van der Waals surface area contributed by atoms with Crippen LogP contribution < -0.4 is 0 Å². The molecule has 0 saturated heterocycles. The summed E-state index contributed by atoms with van der Waals surface area (Å²) in [5, 5.41) is 0.786. The van der Waals surface area contributed by atoms with Crippen LogP contribution in [0.1, 0.15) is 16.0 Å². The number of rotatable bonds is 3. The smallest absolute Gasteiger partial charge is 0.0446 e. The quantitative estimate of drug-likeness (QED) is 0.446. The molecule has 0 radical (unpaired) electrons. The summed E-state index contributed by atoms with van der Waals surface area (Å²) >= 11 is 12.0. The van der Waals surface area contributed by atoms with E-state index in [0.717, 1.165) is 11.4 Å². The predicted octanol–water partition coefficient (Wildman–Crippen LogP) is 5.62. The molecular formula is C14H11BrClI. The van der Waals surface area contributed by atoms with E-state index in [1.165, 1.54) is 14.7 Å². The second kappa shape index (κ2) is 6.21. The highest BCUT2D eigenvalue weighted by molar-refractivity contribution is 14.1. The van der Waals surface area contributed by atoms with Gasteiger partial charge in [-0.2, -0.15) is 0 Å². The summed E-state index contributed by atoms with van der Waals surface area (Å²) in [6.07, 6.45) is 0.969. The first-order chi connectivity index (χ1) is 8.16. The lowest BCUT2D eigenvalue weighted by atomic mass is 10.0. The monoisotopic (exact) mass is 420 g/mol. The first kappa shape index (κ1) is 13.4. The SMILES string of the molecule is Clc1ccc(CC(Br)c2ccccc2I)cc1. The van der Waals surface area contributed by atoms with Crippen molar-refractivity contribution in [2.24, 2.45) is 0 Å². The molecule has 0 aromatic heterocycles. The van der Waals surface area contributed by atoms with Gasteiger partial charge in [-0.25, -0.2) is 0 Å². The topological polar surface area (TPSA) is 0 Å². The summed E-state index contributed by atoms with van der Waals surface area (Å²) in [5.74, 6) is 0. The highest BCUT2D eigenvalue weighted by atomic mass is 127. The van der Waals surface area contributed by atoms with Crippen molar-refractivity contribution in [1.82, 2.24) is 0 Å². The summed E-state index contributed by atoms with van der Waals surface area (Å²) in [5.41, 5.74) is 2.62. The third-order valence-corrected chi connectivity index (χ3v) is 4.62. The molecule has 17 heavy (non-hydrogen) atoms. The number of hydrogen-bond donors (Lipinski definition) is 0. The van der Waals surface area contributed by atoms with Gasteiger partial charge in [-0.1, -0.05) is 57.9 Å². The average molecular weight is 422 g/mol. The number of hydrogen-bond acceptors (Lipinski definition) is 0. The van der Waals surface area contributed by atoms with Gasteiger partial charge in [-0.3, -0.25) is 0 Å². The van der Waals surface area contributed by atoms with Gasteiger partial charge in [-0.05, 0) is 58.3 Å². The Balaban J connectivity index is 2.14. The van der Waals surface area contributed by atoms with Gasteiger partial charge >= 0.3 is 0 Å². The number of alkyl halides is 1. The van der Waals surface area contributed by atoms with Crippen LogP contribution in [0.3, 0.4) is 0 Å². The summed E-state index contributed by atoms with van der Waals surface area (Å²) in [6, 6.07) is 16.5. The van der Waals surface area contributed by atoms with Crippen LogP contribution in [0.5, 0.6) is 0 Å². The van der Waals surface area contributed by atoms with Crippen LogP contribution in [0.4, 0.5) is 0 Å². The summed E-state index contributed by atoms with van der Waals surface area (Å²) in [4.78, 5) is 0.344. The maximum atomic E-state index is 5.88. The van der Waals surface area contributed by atoms with Crippen molar-refractivity contribution in [1.29, 1.82) is 0 Å². The molecule has 0 spiro atoms. The molecule has 88 valence electrons. The normalized spacial score (nSPS) is 12.4. The molecule has 0 saturated carbocycles. The molecule has 0 N–H and O–H groups in total. The molecule has 0 aliphatic carbocycles. The summed E-state index contributed by atoms with van der Waals surface area (Å²) < 4.78 is 1.29. The minimum absolute atomic E-state index is 0.344. The van der Waals surface area contributed by atoms with E-state index in [4.69, 9.17) is 11.6 Å². The largest absolute Gasteiger partial charge is 0.0843 e. The molecule has 1 atom stereocenters. The molecule has 3 heteroatoms. The van der Waals surface area contributed by atoms with Crippen molar-refractivity contribution in [3.05, 3.63) is 68.3 Å². The van der Waals surface area contributed by atoms with Crippen LogP contribution in [0.2, 0.25) is 5.02 Å². The van der Waals surface area contributed by atoms with Crippen LogP contribution >= 0.6 is 50.1 Å². The number of benzene rings is 2. The Kier molecular flexibility index (Phi) is 4.88. The van der Waals surface area contributed by atoms with E-state index in [1.54, 1.807) is 0 Å². The number of halogens is 3. The van der Waals surface area contributed by atoms with Crippen molar-refractivity contribution < 1.29 is 0 Å². The molecule has 0 fully saturated rings. The zero-order chi connectivity index (χ0) is 12.3. The van der Waals surface area contributed by atoms with Gasteiger partial charge in [0, 0.05) is 13.4 Å². The molecule has 0 aliphatic heterocycles. The predicted molar refractivity (Wildman–Crippen MR) is 86.0 cm³/mol. The molecule has 0 nitrogen and oxygen atoms in total. The van der Waals surface area contributed by atoms with Crippen LogP contribution in [0.15, 0.2) is 48.5 Å². The molecule has 0 aliphatic rings. The Morgan fingerprint density at radius 2 is 1.71 bits per heavy atom. The highest BCUT2D eigenvalue weighted by Crippen LogP contribution is 2.30. The van der Waals surface area contributed by atoms with Crippen LogP contribution in [-0.4, -0.2) is 0 Å². The fourth-order valence-electron chi connectivity index (χ4n) is 1.67. The summed E-state index contributed by atoms with van der Waals surface area (Å²) in [6.45, 7) is 0. The minimum atomic E-state index is 0.344. The molecule has 0 amide bonds. The first-order valence-corrected chi connectivity index (χ1v) is 7.67. The van der Waals surface area contributed by atoms with Gasteiger partial charge < -0.3 is 0 Å². The van der Waals surface area contributed by atoms with E-state index in [9.17, 15) is 0 Å². The Morgan fingerprint density at radius 3 is 2.35 bits per heavy atom. The molecule has 2 aromatic rings. The maximum absolute atomic E-state index is 5.88. The maximum Gasteiger partial charge on any atom is 0.0446 e. The second-order valence-corrected chi connectivity index (χ2v) is 6.52. The van der Waals surface area contributed by atoms with Crippen LogP contribution in [0, 0.1) is 3.57 Å². The Bertz CT molecular complexity index is 496. The van der Waals surface area contributed by atoms with E-state index < -0.39 is 0 Å². The van der Waals surface area contributed by atoms with E-state index in [2.05, 4.69) is 74.9 Å². The molecule has 0 bridgehead atoms. The van der Waals surface area contributed by atoms with Crippen LogP contribution in [-0.2, 0) is 6.42 Å². The molecular weight excluding hydrogens is 410 g/mol. The standard InChI is InChI=1S/C14H11BrClI/c15-13(12-3-1-2-4-14(12)17)9-10-5-7-11(16)8-6-10/h1-8,13H,9H2. The Morgan fingerprint density at radius 1 is 1.06 bits per heavy atom. The Hall–Kier alpha value is -0.0600. The van der Waals surface area contributed by atoms with Crippen molar-refractivity contribution in [2.45, 2.75) is 11.2 Å². The third-order valence-electron chi connectivity index (χ3n) is 2.57. The van der Waals surface area contributed by atoms with E-state index in [-0.39, 0.29) is 0 Å². The zero-order valence-corrected chi connectivity index (χ0v) is 13.5. The van der Waals surface area contributed by atoms with Gasteiger partial charge in [0.2, 0.25) is 0 Å². The lowest BCUT2D eigenvalue weighted by Crippen LogP contribution is -1.97. The molecule has 2 rings (SSSR count). The van der Waals surface area contributed by atoms with E-state index in [1.807, 2.05) is 12.1 Å². The van der Waals surface area contributed by atoms with Crippen molar-refractivity contribution in [2.75, 3.05) is 0 Å². The lowest BCUT2D eigenvalue weighted by Gasteiger charge is -2.12. The van der Waals surface area contributed by atoms with Crippen LogP contribution in [0.25, 0.3) is 0 Å². The van der Waals surface area contributed by atoms with E-state index >= 15 is 0 Å². The van der Waals surface area contributed by atoms with E-state index in [0.29, 0.717) is 4.83 Å². The van der Waals surface area contributed by atoms with Gasteiger partial charge in [0.15, 0.2) is 0 Å². The fraction of sp³-hybridized carbons (Fsp3) is 0.143. The van der Waals surface area contributed by atoms with Gasteiger partial charge in [0.1, 0.15) is 0 Å². The summed E-state index contributed by atoms with van der Waals surface area (Å²) in [7, 11) is 0. The first-order valence-electron chi connectivity index (χ1n) is 5.30. The fourth-order valence-corrected chi connectivity index (χ4v) is 3.76. The highest BCUT2D eigenvalue weighted by Gasteiger charge is 2.11.